The maximum Gasteiger partial charge on any atom is 0.137 e. The molecule has 2 nitrogen and oxygen atoms in total. The Morgan fingerprint density at radius 2 is 2.06 bits per heavy atom. The molecular weight excluding hydrogens is 271 g/mol. The summed E-state index contributed by atoms with van der Waals surface area (Å²) >= 11 is 3.23. The number of halogens is 2. The Bertz CT molecular complexity index is 514. The first kappa shape index (κ1) is 11.1. The van der Waals surface area contributed by atoms with E-state index in [0.29, 0.717) is 16.6 Å². The summed E-state index contributed by atoms with van der Waals surface area (Å²) in [5.41, 5.74) is 8.24. The molecule has 0 unspecified atom stereocenters. The van der Waals surface area contributed by atoms with Crippen LogP contribution >= 0.6 is 15.9 Å². The van der Waals surface area contributed by atoms with Gasteiger partial charge in [-0.15, -0.1) is 0 Å². The highest BCUT2D eigenvalue weighted by Gasteiger charge is 2.07. The number of hydrogen-bond acceptors (Lipinski definition) is 2. The van der Waals surface area contributed by atoms with Crippen molar-refractivity contribution in [3.8, 4) is 0 Å². The summed E-state index contributed by atoms with van der Waals surface area (Å²) in [5.74, 6) is -0.264. The Morgan fingerprint density at radius 1 is 1.25 bits per heavy atom. The molecule has 1 heterocycles. The SMILES string of the molecule is Nc1ccncc1Cc1cccc(F)c1Br. The third-order valence-electron chi connectivity index (χ3n) is 2.35. The van der Waals surface area contributed by atoms with Crippen LogP contribution < -0.4 is 5.73 Å². The van der Waals surface area contributed by atoms with Gasteiger partial charge in [0.25, 0.3) is 0 Å². The number of nitrogen functional groups attached to an aromatic ring is 1. The predicted octanol–water partition coefficient (Wildman–Crippen LogP) is 3.16. The highest BCUT2D eigenvalue weighted by atomic mass is 79.9. The monoisotopic (exact) mass is 280 g/mol. The van der Waals surface area contributed by atoms with E-state index in [1.165, 1.54) is 6.07 Å². The number of hydrogen-bond donors (Lipinski definition) is 1. The van der Waals surface area contributed by atoms with Crippen molar-refractivity contribution in [2.24, 2.45) is 0 Å². The first-order valence-electron chi connectivity index (χ1n) is 4.79. The third-order valence-corrected chi connectivity index (χ3v) is 3.24. The topological polar surface area (TPSA) is 38.9 Å². The van der Waals surface area contributed by atoms with E-state index >= 15 is 0 Å². The van der Waals surface area contributed by atoms with Crippen molar-refractivity contribution in [2.75, 3.05) is 5.73 Å². The number of nitrogens with two attached hydrogens (primary N) is 1. The normalized spacial score (nSPS) is 10.4. The summed E-state index contributed by atoms with van der Waals surface area (Å²) in [6, 6.07) is 6.70. The summed E-state index contributed by atoms with van der Waals surface area (Å²) in [7, 11) is 0. The number of benzene rings is 1. The van der Waals surface area contributed by atoms with Crippen LogP contribution in [-0.4, -0.2) is 4.98 Å². The lowest BCUT2D eigenvalue weighted by Gasteiger charge is -2.07. The molecule has 0 atom stereocenters. The van der Waals surface area contributed by atoms with Crippen LogP contribution in [0.3, 0.4) is 0 Å². The lowest BCUT2D eigenvalue weighted by atomic mass is 10.1. The smallest absolute Gasteiger partial charge is 0.137 e. The predicted molar refractivity (Wildman–Crippen MR) is 65.6 cm³/mol. The standard InChI is InChI=1S/C12H10BrFN2/c13-12-8(2-1-3-10(12)14)6-9-7-16-5-4-11(9)15/h1-5,7H,6H2,(H2,15,16). The van der Waals surface area contributed by atoms with E-state index in [1.807, 2.05) is 6.07 Å². The van der Waals surface area contributed by atoms with E-state index in [4.69, 9.17) is 5.73 Å². The molecule has 16 heavy (non-hydrogen) atoms. The largest absolute Gasteiger partial charge is 0.398 e. The molecule has 0 radical (unpaired) electrons. The van der Waals surface area contributed by atoms with Gasteiger partial charge in [0.05, 0.1) is 4.47 Å². The maximum atomic E-state index is 13.3. The van der Waals surface area contributed by atoms with Gasteiger partial charge in [0.2, 0.25) is 0 Å². The van der Waals surface area contributed by atoms with Crippen LogP contribution in [0, 0.1) is 5.82 Å². The first-order valence-corrected chi connectivity index (χ1v) is 5.59. The van der Waals surface area contributed by atoms with Gasteiger partial charge in [0.15, 0.2) is 0 Å². The Kier molecular flexibility index (Phi) is 3.19. The summed E-state index contributed by atoms with van der Waals surface area (Å²) < 4.78 is 13.8. The molecule has 4 heteroatoms. The van der Waals surface area contributed by atoms with E-state index in [2.05, 4.69) is 20.9 Å². The van der Waals surface area contributed by atoms with E-state index < -0.39 is 0 Å². The van der Waals surface area contributed by atoms with Crippen molar-refractivity contribution in [1.29, 1.82) is 0 Å². The number of anilines is 1. The Hall–Kier alpha value is -1.42. The zero-order valence-corrected chi connectivity index (χ0v) is 10.0. The van der Waals surface area contributed by atoms with Crippen LogP contribution in [0.1, 0.15) is 11.1 Å². The fraction of sp³-hybridized carbons (Fsp3) is 0.0833. The van der Waals surface area contributed by atoms with Crippen molar-refractivity contribution < 1.29 is 4.39 Å². The molecule has 2 rings (SSSR count). The second-order valence-corrected chi connectivity index (χ2v) is 4.26. The summed E-state index contributed by atoms with van der Waals surface area (Å²) in [4.78, 5) is 4.00. The van der Waals surface area contributed by atoms with Crippen molar-refractivity contribution in [1.82, 2.24) is 4.98 Å². The molecule has 0 amide bonds. The summed E-state index contributed by atoms with van der Waals surface area (Å²) in [6.07, 6.45) is 3.91. The molecule has 0 saturated heterocycles. The van der Waals surface area contributed by atoms with Gasteiger partial charge >= 0.3 is 0 Å². The van der Waals surface area contributed by atoms with Crippen molar-refractivity contribution >= 4 is 21.6 Å². The number of aromatic nitrogens is 1. The van der Waals surface area contributed by atoms with Crippen LogP contribution in [0.25, 0.3) is 0 Å². The average molecular weight is 281 g/mol. The molecule has 0 aliphatic heterocycles. The van der Waals surface area contributed by atoms with Crippen LogP contribution in [0.5, 0.6) is 0 Å². The zero-order valence-electron chi connectivity index (χ0n) is 8.45. The average Bonchev–Trinajstić information content (AvgIpc) is 2.28. The lowest BCUT2D eigenvalue weighted by molar-refractivity contribution is 0.619. The minimum absolute atomic E-state index is 0.264. The third kappa shape index (κ3) is 2.22. The molecule has 0 saturated carbocycles. The minimum Gasteiger partial charge on any atom is -0.398 e. The lowest BCUT2D eigenvalue weighted by Crippen LogP contribution is -1.97. The van der Waals surface area contributed by atoms with Gasteiger partial charge in [-0.3, -0.25) is 4.98 Å². The first-order chi connectivity index (χ1) is 7.68. The van der Waals surface area contributed by atoms with E-state index in [9.17, 15) is 4.39 Å². The van der Waals surface area contributed by atoms with Gasteiger partial charge in [-0.1, -0.05) is 12.1 Å². The van der Waals surface area contributed by atoms with Crippen molar-refractivity contribution in [3.63, 3.8) is 0 Å². The van der Waals surface area contributed by atoms with Gasteiger partial charge in [0.1, 0.15) is 5.82 Å². The number of nitrogens with zero attached hydrogens (tertiary/aromatic N) is 1. The molecule has 2 N–H and O–H groups in total. The van der Waals surface area contributed by atoms with E-state index in [0.717, 1.165) is 11.1 Å². The molecule has 82 valence electrons. The molecule has 1 aromatic heterocycles. The fourth-order valence-electron chi connectivity index (χ4n) is 1.48. The quantitative estimate of drug-likeness (QED) is 0.918. The maximum absolute atomic E-state index is 13.3. The molecule has 2 aromatic rings. The molecule has 0 aliphatic rings. The fourth-order valence-corrected chi connectivity index (χ4v) is 1.88. The molecule has 1 aromatic carbocycles. The molecule has 0 aliphatic carbocycles. The Morgan fingerprint density at radius 3 is 2.81 bits per heavy atom. The highest BCUT2D eigenvalue weighted by molar-refractivity contribution is 9.10. The Labute approximate surface area is 101 Å². The Balaban J connectivity index is 2.35. The number of rotatable bonds is 2. The van der Waals surface area contributed by atoms with Crippen molar-refractivity contribution in [3.05, 3.63) is 58.1 Å². The second-order valence-electron chi connectivity index (χ2n) is 3.46. The van der Waals surface area contributed by atoms with Gasteiger partial charge in [-0.2, -0.15) is 0 Å². The molecule has 0 bridgehead atoms. The molecule has 0 fully saturated rings. The van der Waals surface area contributed by atoms with E-state index in [-0.39, 0.29) is 5.82 Å². The zero-order chi connectivity index (χ0) is 11.5. The second kappa shape index (κ2) is 4.61. The van der Waals surface area contributed by atoms with Gasteiger partial charge in [-0.05, 0) is 39.2 Å². The van der Waals surface area contributed by atoms with Crippen LogP contribution in [0.4, 0.5) is 10.1 Å². The van der Waals surface area contributed by atoms with Crippen LogP contribution in [0.15, 0.2) is 41.1 Å². The van der Waals surface area contributed by atoms with Gasteiger partial charge < -0.3 is 5.73 Å². The number of pyridine rings is 1. The van der Waals surface area contributed by atoms with Gasteiger partial charge in [0, 0.05) is 24.5 Å². The minimum atomic E-state index is -0.264. The molecular formula is C12H10BrFN2. The highest BCUT2D eigenvalue weighted by Crippen LogP contribution is 2.24. The van der Waals surface area contributed by atoms with Crippen molar-refractivity contribution in [2.45, 2.75) is 6.42 Å². The van der Waals surface area contributed by atoms with E-state index in [1.54, 1.807) is 24.5 Å². The summed E-state index contributed by atoms with van der Waals surface area (Å²) in [6.45, 7) is 0. The summed E-state index contributed by atoms with van der Waals surface area (Å²) in [5, 5.41) is 0. The van der Waals surface area contributed by atoms with Gasteiger partial charge in [-0.25, -0.2) is 4.39 Å². The van der Waals surface area contributed by atoms with Crippen LogP contribution in [-0.2, 0) is 6.42 Å². The van der Waals surface area contributed by atoms with Crippen LogP contribution in [0.2, 0.25) is 0 Å². The molecule has 0 spiro atoms.